The van der Waals surface area contributed by atoms with Gasteiger partial charge in [0.1, 0.15) is 23.0 Å². The Hall–Kier alpha value is -3.48. The first-order chi connectivity index (χ1) is 12.6. The molecule has 0 amide bonds. The Morgan fingerprint density at radius 1 is 1.15 bits per heavy atom. The summed E-state index contributed by atoms with van der Waals surface area (Å²) in [6.45, 7) is 1.91. The van der Waals surface area contributed by atoms with Gasteiger partial charge in [-0.1, -0.05) is 30.3 Å². The molecule has 0 saturated heterocycles. The highest BCUT2D eigenvalue weighted by atomic mass is 16.5. The highest BCUT2D eigenvalue weighted by Gasteiger charge is 2.15. The molecule has 0 aliphatic carbocycles. The van der Waals surface area contributed by atoms with E-state index in [0.29, 0.717) is 22.3 Å². The van der Waals surface area contributed by atoms with Crippen molar-refractivity contribution in [2.75, 3.05) is 0 Å². The van der Waals surface area contributed by atoms with E-state index in [1.807, 2.05) is 55.1 Å². The van der Waals surface area contributed by atoms with Crippen LogP contribution in [-0.4, -0.2) is 24.5 Å². The summed E-state index contributed by atoms with van der Waals surface area (Å²) in [5.74, 6) is 0. The van der Waals surface area contributed by atoms with Crippen molar-refractivity contribution in [3.8, 4) is 17.4 Å². The SMILES string of the molecule is CC(Oc1nc2c(-c3cn(C)cn3)nccc2c(=O)[nH]1)c1ccccc1. The molecular formula is C19H17N5O2. The fourth-order valence-corrected chi connectivity index (χ4v) is 2.78. The van der Waals surface area contributed by atoms with Gasteiger partial charge in [-0.2, -0.15) is 4.98 Å². The predicted octanol–water partition coefficient (Wildman–Crippen LogP) is 2.86. The summed E-state index contributed by atoms with van der Waals surface area (Å²) in [4.78, 5) is 28.3. The zero-order valence-corrected chi connectivity index (χ0v) is 14.4. The largest absolute Gasteiger partial charge is 0.457 e. The first-order valence-electron chi connectivity index (χ1n) is 8.21. The smallest absolute Gasteiger partial charge is 0.297 e. The standard InChI is InChI=1S/C19H17N5O2/c1-12(13-6-4-3-5-7-13)26-19-22-16-14(18(25)23-19)8-9-20-17(16)15-10-24(2)11-21-15/h3-12H,1-2H3,(H,22,23,25). The van der Waals surface area contributed by atoms with Crippen LogP contribution in [0.3, 0.4) is 0 Å². The molecule has 0 spiro atoms. The van der Waals surface area contributed by atoms with Gasteiger partial charge in [-0.05, 0) is 18.6 Å². The third-order valence-electron chi connectivity index (χ3n) is 4.11. The summed E-state index contributed by atoms with van der Waals surface area (Å²) in [6.07, 6.45) is 4.83. The molecule has 1 N–H and O–H groups in total. The molecule has 1 aromatic carbocycles. The van der Waals surface area contributed by atoms with Crippen molar-refractivity contribution in [2.45, 2.75) is 13.0 Å². The van der Waals surface area contributed by atoms with Crippen LogP contribution in [0.15, 0.2) is 59.9 Å². The summed E-state index contributed by atoms with van der Waals surface area (Å²) in [7, 11) is 1.87. The van der Waals surface area contributed by atoms with Gasteiger partial charge in [-0.15, -0.1) is 0 Å². The van der Waals surface area contributed by atoms with Gasteiger partial charge < -0.3 is 9.30 Å². The molecule has 7 heteroatoms. The van der Waals surface area contributed by atoms with Gasteiger partial charge in [0.2, 0.25) is 0 Å². The van der Waals surface area contributed by atoms with Crippen molar-refractivity contribution < 1.29 is 4.74 Å². The van der Waals surface area contributed by atoms with Crippen molar-refractivity contribution in [3.63, 3.8) is 0 Å². The van der Waals surface area contributed by atoms with E-state index in [2.05, 4.69) is 19.9 Å². The van der Waals surface area contributed by atoms with Crippen molar-refractivity contribution in [2.24, 2.45) is 7.05 Å². The Morgan fingerprint density at radius 2 is 1.96 bits per heavy atom. The number of ether oxygens (including phenoxy) is 1. The summed E-state index contributed by atoms with van der Waals surface area (Å²) >= 11 is 0. The molecular weight excluding hydrogens is 330 g/mol. The maximum atomic E-state index is 12.5. The topological polar surface area (TPSA) is 85.7 Å². The number of nitrogens with one attached hydrogen (secondary N) is 1. The monoisotopic (exact) mass is 347 g/mol. The second-order valence-corrected chi connectivity index (χ2v) is 6.02. The number of aromatic amines is 1. The van der Waals surface area contributed by atoms with E-state index in [9.17, 15) is 4.79 Å². The molecule has 4 aromatic rings. The molecule has 0 saturated carbocycles. The molecule has 130 valence electrons. The first kappa shape index (κ1) is 16.0. The van der Waals surface area contributed by atoms with Crippen LogP contribution in [0.1, 0.15) is 18.6 Å². The highest BCUT2D eigenvalue weighted by molar-refractivity contribution is 5.89. The van der Waals surface area contributed by atoms with Crippen molar-refractivity contribution in [1.82, 2.24) is 24.5 Å². The average Bonchev–Trinajstić information content (AvgIpc) is 3.08. The van der Waals surface area contributed by atoms with Crippen LogP contribution in [0.4, 0.5) is 0 Å². The lowest BCUT2D eigenvalue weighted by molar-refractivity contribution is 0.207. The molecule has 1 unspecified atom stereocenters. The van der Waals surface area contributed by atoms with Gasteiger partial charge in [0.15, 0.2) is 0 Å². The quantitative estimate of drug-likeness (QED) is 0.613. The maximum Gasteiger partial charge on any atom is 0.297 e. The Bertz CT molecular complexity index is 1120. The second-order valence-electron chi connectivity index (χ2n) is 6.02. The molecule has 0 aliphatic rings. The van der Waals surface area contributed by atoms with Gasteiger partial charge >= 0.3 is 0 Å². The molecule has 0 bridgehead atoms. The van der Waals surface area contributed by atoms with E-state index >= 15 is 0 Å². The third-order valence-corrected chi connectivity index (χ3v) is 4.11. The van der Waals surface area contributed by atoms with Gasteiger partial charge in [-0.25, -0.2) is 4.98 Å². The second kappa shape index (κ2) is 6.44. The van der Waals surface area contributed by atoms with E-state index in [1.165, 1.54) is 0 Å². The minimum absolute atomic E-state index is 0.157. The number of H-pyrrole nitrogens is 1. The Morgan fingerprint density at radius 3 is 2.69 bits per heavy atom. The number of fused-ring (bicyclic) bond motifs is 1. The number of rotatable bonds is 4. The first-order valence-corrected chi connectivity index (χ1v) is 8.21. The van der Waals surface area contributed by atoms with Gasteiger partial charge in [0.25, 0.3) is 11.6 Å². The molecule has 7 nitrogen and oxygen atoms in total. The van der Waals surface area contributed by atoms with Crippen LogP contribution in [-0.2, 0) is 7.05 Å². The minimum Gasteiger partial charge on any atom is -0.457 e. The minimum atomic E-state index is -0.273. The van der Waals surface area contributed by atoms with Gasteiger partial charge in [0.05, 0.1) is 11.7 Å². The van der Waals surface area contributed by atoms with Crippen LogP contribution in [0.25, 0.3) is 22.3 Å². The van der Waals surface area contributed by atoms with E-state index in [0.717, 1.165) is 5.56 Å². The highest BCUT2D eigenvalue weighted by Crippen LogP contribution is 2.24. The molecule has 26 heavy (non-hydrogen) atoms. The maximum absolute atomic E-state index is 12.5. The zero-order chi connectivity index (χ0) is 18.1. The molecule has 4 rings (SSSR count). The number of pyridine rings is 1. The lowest BCUT2D eigenvalue weighted by Crippen LogP contribution is -2.13. The Labute approximate surface area is 149 Å². The predicted molar refractivity (Wildman–Crippen MR) is 97.8 cm³/mol. The van der Waals surface area contributed by atoms with E-state index < -0.39 is 0 Å². The van der Waals surface area contributed by atoms with Crippen LogP contribution in [0.5, 0.6) is 6.01 Å². The van der Waals surface area contributed by atoms with Crippen LogP contribution >= 0.6 is 0 Å². The van der Waals surface area contributed by atoms with E-state index in [4.69, 9.17) is 4.74 Å². The van der Waals surface area contributed by atoms with E-state index in [-0.39, 0.29) is 17.7 Å². The zero-order valence-electron chi connectivity index (χ0n) is 14.4. The summed E-state index contributed by atoms with van der Waals surface area (Å²) < 4.78 is 7.68. The number of aromatic nitrogens is 5. The Balaban J connectivity index is 1.79. The molecule has 3 heterocycles. The van der Waals surface area contributed by atoms with Crippen LogP contribution in [0, 0.1) is 0 Å². The summed E-state index contributed by atoms with van der Waals surface area (Å²) in [5.41, 5.74) is 2.38. The van der Waals surface area contributed by atoms with Crippen molar-refractivity contribution >= 4 is 10.9 Å². The number of hydrogen-bond donors (Lipinski definition) is 1. The van der Waals surface area contributed by atoms with Crippen LogP contribution in [0.2, 0.25) is 0 Å². The molecule has 0 radical (unpaired) electrons. The molecule has 3 aromatic heterocycles. The Kier molecular flexibility index (Phi) is 3.96. The molecule has 0 aliphatic heterocycles. The number of benzene rings is 1. The number of hydrogen-bond acceptors (Lipinski definition) is 5. The lowest BCUT2D eigenvalue weighted by Gasteiger charge is -2.14. The van der Waals surface area contributed by atoms with Crippen LogP contribution < -0.4 is 10.3 Å². The van der Waals surface area contributed by atoms with Gasteiger partial charge in [-0.3, -0.25) is 14.8 Å². The lowest BCUT2D eigenvalue weighted by atomic mass is 10.1. The number of aryl methyl sites for hydroxylation is 1. The van der Waals surface area contributed by atoms with Gasteiger partial charge in [0, 0.05) is 19.4 Å². The third kappa shape index (κ3) is 2.95. The molecule has 1 atom stereocenters. The molecule has 0 fully saturated rings. The van der Waals surface area contributed by atoms with Crippen molar-refractivity contribution in [1.29, 1.82) is 0 Å². The average molecular weight is 347 g/mol. The number of imidazole rings is 1. The normalized spacial score (nSPS) is 12.2. The fraction of sp³-hybridized carbons (Fsp3) is 0.158. The van der Waals surface area contributed by atoms with E-state index in [1.54, 1.807) is 18.6 Å². The number of nitrogens with zero attached hydrogens (tertiary/aromatic N) is 4. The fourth-order valence-electron chi connectivity index (χ4n) is 2.78. The van der Waals surface area contributed by atoms with Crippen molar-refractivity contribution in [3.05, 3.63) is 71.0 Å². The summed E-state index contributed by atoms with van der Waals surface area (Å²) in [5, 5.41) is 0.445. The summed E-state index contributed by atoms with van der Waals surface area (Å²) in [6, 6.07) is 11.5.